The summed E-state index contributed by atoms with van der Waals surface area (Å²) >= 11 is 3.85. The number of carbonyl (C=O) groups is 1. The van der Waals surface area contributed by atoms with Crippen molar-refractivity contribution in [3.63, 3.8) is 0 Å². The molecule has 1 aromatic carbocycles. The Hall–Kier alpha value is -0.760. The van der Waals surface area contributed by atoms with Crippen molar-refractivity contribution in [1.29, 1.82) is 0 Å². The van der Waals surface area contributed by atoms with E-state index in [0.29, 0.717) is 0 Å². The second-order valence-corrected chi connectivity index (χ2v) is 3.79. The van der Waals surface area contributed by atoms with Crippen LogP contribution in [0.15, 0.2) is 18.2 Å². The molecule has 0 spiro atoms. The molecule has 0 saturated heterocycles. The van der Waals surface area contributed by atoms with Gasteiger partial charge in [0.2, 0.25) is 0 Å². The molecule has 0 bridgehead atoms. The minimum Gasteiger partial charge on any atom is -0.287 e. The van der Waals surface area contributed by atoms with Crippen LogP contribution in [-0.4, -0.2) is 5.12 Å². The summed E-state index contributed by atoms with van der Waals surface area (Å²) in [5.41, 5.74) is 3.50. The summed E-state index contributed by atoms with van der Waals surface area (Å²) in [4.78, 5) is 11.1. The summed E-state index contributed by atoms with van der Waals surface area (Å²) in [5.74, 6) is -0.108. The highest BCUT2D eigenvalue weighted by Crippen LogP contribution is 2.23. The summed E-state index contributed by atoms with van der Waals surface area (Å²) in [5, 5.41) is -0.0753. The molecule has 1 unspecified atom stereocenters. The maximum Gasteiger partial charge on any atom is 0.193 e. The summed E-state index contributed by atoms with van der Waals surface area (Å²) in [6.07, 6.45) is 0. The molecule has 0 heterocycles. The van der Waals surface area contributed by atoms with Gasteiger partial charge in [-0.05, 0) is 30.5 Å². The first-order chi connectivity index (χ1) is 6.04. The van der Waals surface area contributed by atoms with Crippen LogP contribution in [0.1, 0.15) is 29.5 Å². The fourth-order valence-corrected chi connectivity index (χ4v) is 1.51. The van der Waals surface area contributed by atoms with Gasteiger partial charge in [0.1, 0.15) is 0 Å². The first kappa shape index (κ1) is 10.3. The van der Waals surface area contributed by atoms with Gasteiger partial charge in [0.05, 0.1) is 5.92 Å². The van der Waals surface area contributed by atoms with Gasteiger partial charge in [0.25, 0.3) is 0 Å². The zero-order chi connectivity index (χ0) is 10.0. The molecule has 0 amide bonds. The van der Waals surface area contributed by atoms with Gasteiger partial charge in [-0.2, -0.15) is 0 Å². The average molecular weight is 194 g/mol. The molecule has 0 aliphatic rings. The van der Waals surface area contributed by atoms with Crippen LogP contribution >= 0.6 is 12.6 Å². The van der Waals surface area contributed by atoms with Crippen LogP contribution in [0.5, 0.6) is 0 Å². The largest absolute Gasteiger partial charge is 0.287 e. The Morgan fingerprint density at radius 3 is 2.54 bits per heavy atom. The molecular formula is C11H14OS. The van der Waals surface area contributed by atoms with E-state index >= 15 is 0 Å². The fraction of sp³-hybridized carbons (Fsp3) is 0.364. The molecule has 0 aromatic heterocycles. The standard InChI is InChI=1S/C11H14OS/c1-7-5-4-6-10(8(7)2)9(3)11(12)13/h4-6,9H,1-3H3,(H,12,13). The van der Waals surface area contributed by atoms with E-state index in [1.807, 2.05) is 26.0 Å². The van der Waals surface area contributed by atoms with Gasteiger partial charge in [-0.3, -0.25) is 4.79 Å². The van der Waals surface area contributed by atoms with Gasteiger partial charge < -0.3 is 0 Å². The van der Waals surface area contributed by atoms with Gasteiger partial charge in [0.15, 0.2) is 5.12 Å². The van der Waals surface area contributed by atoms with Crippen LogP contribution in [0.4, 0.5) is 0 Å². The number of carbonyl (C=O) groups excluding carboxylic acids is 1. The van der Waals surface area contributed by atoms with Gasteiger partial charge in [-0.1, -0.05) is 25.1 Å². The van der Waals surface area contributed by atoms with Crippen LogP contribution < -0.4 is 0 Å². The molecule has 1 rings (SSSR count). The minimum atomic E-state index is -0.108. The van der Waals surface area contributed by atoms with Crippen molar-refractivity contribution in [1.82, 2.24) is 0 Å². The van der Waals surface area contributed by atoms with Crippen LogP contribution in [0, 0.1) is 13.8 Å². The predicted molar refractivity (Wildman–Crippen MR) is 58.3 cm³/mol. The maximum absolute atomic E-state index is 11.1. The molecule has 0 aliphatic heterocycles. The average Bonchev–Trinajstić information content (AvgIpc) is 2.08. The summed E-state index contributed by atoms with van der Waals surface area (Å²) in [6.45, 7) is 5.98. The molecule has 0 fully saturated rings. The Bertz CT molecular complexity index is 331. The zero-order valence-electron chi connectivity index (χ0n) is 8.16. The van der Waals surface area contributed by atoms with Crippen molar-refractivity contribution >= 4 is 17.7 Å². The Kier molecular flexibility index (Phi) is 3.15. The number of benzene rings is 1. The number of rotatable bonds is 2. The lowest BCUT2D eigenvalue weighted by Gasteiger charge is -2.12. The third kappa shape index (κ3) is 2.13. The Morgan fingerprint density at radius 1 is 1.38 bits per heavy atom. The van der Waals surface area contributed by atoms with Crippen LogP contribution in [0.25, 0.3) is 0 Å². The molecule has 70 valence electrons. The van der Waals surface area contributed by atoms with Crippen molar-refractivity contribution in [3.05, 3.63) is 34.9 Å². The van der Waals surface area contributed by atoms with E-state index in [4.69, 9.17) is 0 Å². The van der Waals surface area contributed by atoms with E-state index < -0.39 is 0 Å². The lowest BCUT2D eigenvalue weighted by molar-refractivity contribution is -0.111. The Labute approximate surface area is 84.6 Å². The van der Waals surface area contributed by atoms with E-state index in [1.54, 1.807) is 0 Å². The maximum atomic E-state index is 11.1. The highest BCUT2D eigenvalue weighted by atomic mass is 32.1. The third-order valence-corrected chi connectivity index (χ3v) is 2.87. The molecule has 0 N–H and O–H groups in total. The fourth-order valence-electron chi connectivity index (χ4n) is 1.38. The predicted octanol–water partition coefficient (Wildman–Crippen LogP) is 2.86. The smallest absolute Gasteiger partial charge is 0.193 e. The number of hydrogen-bond donors (Lipinski definition) is 1. The van der Waals surface area contributed by atoms with E-state index in [1.165, 1.54) is 11.1 Å². The van der Waals surface area contributed by atoms with E-state index in [2.05, 4.69) is 25.6 Å². The Morgan fingerprint density at radius 2 is 2.00 bits per heavy atom. The highest BCUT2D eigenvalue weighted by molar-refractivity contribution is 7.96. The van der Waals surface area contributed by atoms with Crippen molar-refractivity contribution in [2.45, 2.75) is 26.7 Å². The van der Waals surface area contributed by atoms with Crippen molar-refractivity contribution in [2.75, 3.05) is 0 Å². The minimum absolute atomic E-state index is 0.0753. The summed E-state index contributed by atoms with van der Waals surface area (Å²) in [6, 6.07) is 6.01. The zero-order valence-corrected chi connectivity index (χ0v) is 9.06. The van der Waals surface area contributed by atoms with Crippen LogP contribution in [-0.2, 0) is 4.79 Å². The third-order valence-electron chi connectivity index (χ3n) is 2.48. The van der Waals surface area contributed by atoms with Crippen molar-refractivity contribution in [3.8, 4) is 0 Å². The van der Waals surface area contributed by atoms with Gasteiger partial charge in [-0.15, -0.1) is 12.6 Å². The second-order valence-electron chi connectivity index (χ2n) is 3.35. The first-order valence-corrected chi connectivity index (χ1v) is 4.77. The summed E-state index contributed by atoms with van der Waals surface area (Å²) in [7, 11) is 0. The molecule has 0 saturated carbocycles. The van der Waals surface area contributed by atoms with E-state index in [9.17, 15) is 4.79 Å². The molecule has 0 aliphatic carbocycles. The lowest BCUT2D eigenvalue weighted by atomic mass is 9.94. The van der Waals surface area contributed by atoms with E-state index in [-0.39, 0.29) is 11.0 Å². The quantitative estimate of drug-likeness (QED) is 0.716. The normalized spacial score (nSPS) is 12.6. The molecule has 13 heavy (non-hydrogen) atoms. The molecule has 1 aromatic rings. The SMILES string of the molecule is Cc1cccc(C(C)C(=O)S)c1C. The van der Waals surface area contributed by atoms with Gasteiger partial charge in [0, 0.05) is 0 Å². The molecule has 1 atom stereocenters. The van der Waals surface area contributed by atoms with Gasteiger partial charge >= 0.3 is 0 Å². The molecule has 0 radical (unpaired) electrons. The van der Waals surface area contributed by atoms with Crippen LogP contribution in [0.2, 0.25) is 0 Å². The Balaban J connectivity index is 3.15. The summed E-state index contributed by atoms with van der Waals surface area (Å²) < 4.78 is 0. The van der Waals surface area contributed by atoms with Gasteiger partial charge in [-0.25, -0.2) is 0 Å². The van der Waals surface area contributed by atoms with Crippen molar-refractivity contribution in [2.24, 2.45) is 0 Å². The second kappa shape index (κ2) is 3.97. The number of thiol groups is 1. The monoisotopic (exact) mass is 194 g/mol. The number of hydrogen-bond acceptors (Lipinski definition) is 1. The van der Waals surface area contributed by atoms with E-state index in [0.717, 1.165) is 5.56 Å². The molecule has 2 heteroatoms. The molecular weight excluding hydrogens is 180 g/mol. The lowest BCUT2D eigenvalue weighted by Crippen LogP contribution is -2.04. The topological polar surface area (TPSA) is 17.1 Å². The van der Waals surface area contributed by atoms with Crippen molar-refractivity contribution < 1.29 is 4.79 Å². The highest BCUT2D eigenvalue weighted by Gasteiger charge is 2.13. The number of aryl methyl sites for hydroxylation is 1. The van der Waals surface area contributed by atoms with Crippen LogP contribution in [0.3, 0.4) is 0 Å². The molecule has 1 nitrogen and oxygen atoms in total. The first-order valence-electron chi connectivity index (χ1n) is 4.33.